The van der Waals surface area contributed by atoms with Crippen LogP contribution in [0.2, 0.25) is 0 Å². The van der Waals surface area contributed by atoms with E-state index in [1.54, 1.807) is 6.08 Å². The molecule has 0 heterocycles. The second kappa shape index (κ2) is 8.02. The summed E-state index contributed by atoms with van der Waals surface area (Å²) in [6, 6.07) is 0. The predicted molar refractivity (Wildman–Crippen MR) is 45.0 cm³/mol. The summed E-state index contributed by atoms with van der Waals surface area (Å²) >= 11 is 0. The number of hydrogen-bond acceptors (Lipinski definition) is 1. The van der Waals surface area contributed by atoms with Crippen LogP contribution in [0.15, 0.2) is 36.6 Å². The van der Waals surface area contributed by atoms with Crippen LogP contribution in [0.25, 0.3) is 0 Å². The molecule has 1 N–H and O–H groups in total. The lowest BCUT2D eigenvalue weighted by Crippen LogP contribution is -1.58. The number of allylic oxidation sites excluding steroid dienone is 5. The molecule has 0 rings (SSSR count). The summed E-state index contributed by atoms with van der Waals surface area (Å²) in [6.07, 6.45) is 12.7. The van der Waals surface area contributed by atoms with Gasteiger partial charge in [-0.25, -0.2) is 0 Å². The number of rotatable bonds is 4. The van der Waals surface area contributed by atoms with Gasteiger partial charge in [-0.3, -0.25) is 0 Å². The molecule has 0 aromatic rings. The van der Waals surface area contributed by atoms with Crippen molar-refractivity contribution in [2.24, 2.45) is 0 Å². The molecule has 1 heteroatoms. The highest BCUT2D eigenvalue weighted by Crippen LogP contribution is 1.88. The maximum Gasteiger partial charge on any atom is 0.0791 e. The molecule has 0 atom stereocenters. The van der Waals surface area contributed by atoms with Gasteiger partial charge in [0.2, 0.25) is 0 Å². The van der Waals surface area contributed by atoms with Crippen LogP contribution in [-0.2, 0) is 0 Å². The topological polar surface area (TPSA) is 20.2 Å². The zero-order valence-electron chi connectivity index (χ0n) is 6.33. The van der Waals surface area contributed by atoms with Gasteiger partial charge >= 0.3 is 0 Å². The molecule has 56 valence electrons. The smallest absolute Gasteiger partial charge is 0.0791 e. The Balaban J connectivity index is 3.26. The number of aliphatic hydroxyl groups is 1. The number of aliphatic hydroxyl groups excluding tert-OH is 1. The van der Waals surface area contributed by atoms with E-state index in [0.717, 1.165) is 19.1 Å². The molecular formula is C9H14O. The quantitative estimate of drug-likeness (QED) is 0.359. The first kappa shape index (κ1) is 9.02. The summed E-state index contributed by atoms with van der Waals surface area (Å²) in [6.45, 7) is 2.10. The SMILES string of the molecule is CCC=CCC=CC=CO. The molecule has 0 saturated carbocycles. The Labute approximate surface area is 62.4 Å². The van der Waals surface area contributed by atoms with E-state index >= 15 is 0 Å². The van der Waals surface area contributed by atoms with Crippen molar-refractivity contribution in [2.45, 2.75) is 19.8 Å². The highest BCUT2D eigenvalue weighted by molar-refractivity contribution is 5.02. The van der Waals surface area contributed by atoms with Crippen LogP contribution in [0.4, 0.5) is 0 Å². The van der Waals surface area contributed by atoms with Crippen molar-refractivity contribution in [1.29, 1.82) is 0 Å². The molecule has 0 aromatic carbocycles. The Morgan fingerprint density at radius 1 is 1.10 bits per heavy atom. The molecule has 0 spiro atoms. The predicted octanol–water partition coefficient (Wildman–Crippen LogP) is 2.97. The van der Waals surface area contributed by atoms with Gasteiger partial charge in [0.1, 0.15) is 0 Å². The van der Waals surface area contributed by atoms with Crippen LogP contribution in [0.1, 0.15) is 19.8 Å². The van der Waals surface area contributed by atoms with E-state index in [9.17, 15) is 0 Å². The third-order valence-corrected chi connectivity index (χ3v) is 1.01. The van der Waals surface area contributed by atoms with Gasteiger partial charge in [-0.2, -0.15) is 0 Å². The lowest BCUT2D eigenvalue weighted by molar-refractivity contribution is 0.473. The van der Waals surface area contributed by atoms with Gasteiger partial charge in [0.05, 0.1) is 6.26 Å². The molecule has 0 radical (unpaired) electrons. The van der Waals surface area contributed by atoms with Gasteiger partial charge in [-0.1, -0.05) is 31.2 Å². The minimum Gasteiger partial charge on any atom is -0.516 e. The third kappa shape index (κ3) is 7.02. The second-order valence-electron chi connectivity index (χ2n) is 1.89. The molecule has 0 aliphatic heterocycles. The minimum atomic E-state index is 0.943. The average molecular weight is 138 g/mol. The van der Waals surface area contributed by atoms with Crippen LogP contribution >= 0.6 is 0 Å². The molecule has 0 amide bonds. The zero-order chi connectivity index (χ0) is 7.66. The Kier molecular flexibility index (Phi) is 7.23. The zero-order valence-corrected chi connectivity index (χ0v) is 6.33. The molecular weight excluding hydrogens is 124 g/mol. The third-order valence-electron chi connectivity index (χ3n) is 1.01. The fraction of sp³-hybridized carbons (Fsp3) is 0.333. The molecule has 0 bridgehead atoms. The fourth-order valence-corrected chi connectivity index (χ4v) is 0.548. The molecule has 0 aromatic heterocycles. The van der Waals surface area contributed by atoms with Crippen molar-refractivity contribution in [3.63, 3.8) is 0 Å². The van der Waals surface area contributed by atoms with Crippen LogP contribution in [-0.4, -0.2) is 5.11 Å². The van der Waals surface area contributed by atoms with Gasteiger partial charge in [0.25, 0.3) is 0 Å². The van der Waals surface area contributed by atoms with Crippen LogP contribution in [0, 0.1) is 0 Å². The van der Waals surface area contributed by atoms with E-state index in [1.165, 1.54) is 0 Å². The fourth-order valence-electron chi connectivity index (χ4n) is 0.548. The first-order chi connectivity index (χ1) is 4.91. The van der Waals surface area contributed by atoms with Crippen molar-refractivity contribution in [3.05, 3.63) is 36.6 Å². The van der Waals surface area contributed by atoms with Crippen LogP contribution in [0.3, 0.4) is 0 Å². The monoisotopic (exact) mass is 138 g/mol. The van der Waals surface area contributed by atoms with Crippen molar-refractivity contribution in [3.8, 4) is 0 Å². The molecule has 10 heavy (non-hydrogen) atoms. The summed E-state index contributed by atoms with van der Waals surface area (Å²) in [5.41, 5.74) is 0. The van der Waals surface area contributed by atoms with E-state index in [2.05, 4.69) is 19.1 Å². The molecule has 0 fully saturated rings. The minimum absolute atomic E-state index is 0.943. The normalized spacial score (nSPS) is 12.5. The van der Waals surface area contributed by atoms with E-state index in [1.807, 2.05) is 12.2 Å². The van der Waals surface area contributed by atoms with E-state index in [4.69, 9.17) is 5.11 Å². The highest BCUT2D eigenvalue weighted by atomic mass is 16.2. The average Bonchev–Trinajstić information content (AvgIpc) is 1.97. The van der Waals surface area contributed by atoms with Gasteiger partial charge in [0, 0.05) is 0 Å². The molecule has 0 aliphatic carbocycles. The van der Waals surface area contributed by atoms with Crippen molar-refractivity contribution in [1.82, 2.24) is 0 Å². The van der Waals surface area contributed by atoms with Crippen molar-refractivity contribution >= 4 is 0 Å². The summed E-state index contributed by atoms with van der Waals surface area (Å²) in [7, 11) is 0. The van der Waals surface area contributed by atoms with E-state index in [-0.39, 0.29) is 0 Å². The summed E-state index contributed by atoms with van der Waals surface area (Å²) in [5.74, 6) is 0. The maximum atomic E-state index is 8.22. The molecule has 0 aliphatic rings. The Morgan fingerprint density at radius 3 is 2.50 bits per heavy atom. The largest absolute Gasteiger partial charge is 0.516 e. The lowest BCUT2D eigenvalue weighted by Gasteiger charge is -1.78. The first-order valence-corrected chi connectivity index (χ1v) is 3.52. The van der Waals surface area contributed by atoms with Crippen LogP contribution in [0.5, 0.6) is 0 Å². The highest BCUT2D eigenvalue weighted by Gasteiger charge is 1.67. The van der Waals surface area contributed by atoms with Gasteiger partial charge in [0.15, 0.2) is 0 Å². The van der Waals surface area contributed by atoms with E-state index < -0.39 is 0 Å². The van der Waals surface area contributed by atoms with Crippen LogP contribution < -0.4 is 0 Å². The van der Waals surface area contributed by atoms with Gasteiger partial charge in [-0.05, 0) is 18.9 Å². The summed E-state index contributed by atoms with van der Waals surface area (Å²) < 4.78 is 0. The second-order valence-corrected chi connectivity index (χ2v) is 1.89. The summed E-state index contributed by atoms with van der Waals surface area (Å²) in [4.78, 5) is 0. The van der Waals surface area contributed by atoms with Crippen molar-refractivity contribution in [2.75, 3.05) is 0 Å². The summed E-state index contributed by atoms with van der Waals surface area (Å²) in [5, 5.41) is 8.22. The lowest BCUT2D eigenvalue weighted by atomic mass is 10.3. The van der Waals surface area contributed by atoms with Crippen molar-refractivity contribution < 1.29 is 5.11 Å². The van der Waals surface area contributed by atoms with Gasteiger partial charge in [-0.15, -0.1) is 0 Å². The van der Waals surface area contributed by atoms with Gasteiger partial charge < -0.3 is 5.11 Å². The Hall–Kier alpha value is -0.980. The first-order valence-electron chi connectivity index (χ1n) is 3.52. The maximum absolute atomic E-state index is 8.22. The molecule has 1 nitrogen and oxygen atoms in total. The standard InChI is InChI=1S/C9H14O/c1-2-3-4-5-6-7-8-9-10/h3-4,6-10H,2,5H2,1H3. The number of hydrogen-bond donors (Lipinski definition) is 1. The van der Waals surface area contributed by atoms with E-state index in [0.29, 0.717) is 0 Å². The molecule has 0 saturated heterocycles. The Morgan fingerprint density at radius 2 is 1.90 bits per heavy atom. The molecule has 0 unspecified atom stereocenters. The Bertz CT molecular complexity index is 132.